The molecule has 0 aromatic carbocycles. The van der Waals surface area contributed by atoms with Crippen LogP contribution in [0.3, 0.4) is 0 Å². The van der Waals surface area contributed by atoms with Crippen molar-refractivity contribution < 1.29 is 4.79 Å². The lowest BCUT2D eigenvalue weighted by atomic mass is 10.3. The molecule has 0 aliphatic heterocycles. The molecule has 1 heterocycles. The predicted molar refractivity (Wildman–Crippen MR) is 80.8 cm³/mol. The molecule has 19 heavy (non-hydrogen) atoms. The maximum atomic E-state index is 11.7. The zero-order valence-electron chi connectivity index (χ0n) is 12.0. The van der Waals surface area contributed by atoms with Crippen LogP contribution < -0.4 is 16.4 Å². The molecule has 0 radical (unpaired) electrons. The number of carbonyl (C=O) groups is 1. The molecule has 1 aromatic heterocycles. The second-order valence-electron chi connectivity index (χ2n) is 4.71. The molecule has 0 bridgehead atoms. The Balaban J connectivity index is 2.48. The molecule has 108 valence electrons. The van der Waals surface area contributed by atoms with Gasteiger partial charge in [0.05, 0.1) is 0 Å². The first-order valence-corrected chi connectivity index (χ1v) is 7.16. The van der Waals surface area contributed by atoms with Gasteiger partial charge in [0.1, 0.15) is 10.6 Å². The Morgan fingerprint density at radius 3 is 2.79 bits per heavy atom. The Bertz CT molecular complexity index is 418. The molecule has 4 N–H and O–H groups in total. The van der Waals surface area contributed by atoms with Crippen molar-refractivity contribution in [3.05, 3.63) is 5.56 Å². The van der Waals surface area contributed by atoms with Crippen LogP contribution in [0.25, 0.3) is 0 Å². The van der Waals surface area contributed by atoms with E-state index in [4.69, 9.17) is 5.73 Å². The van der Waals surface area contributed by atoms with Crippen molar-refractivity contribution in [2.75, 3.05) is 38.2 Å². The fourth-order valence-electron chi connectivity index (χ4n) is 1.56. The highest BCUT2D eigenvalue weighted by molar-refractivity contribution is 7.11. The normalized spacial score (nSPS) is 11.1. The van der Waals surface area contributed by atoms with Crippen molar-refractivity contribution >= 4 is 28.3 Å². The van der Waals surface area contributed by atoms with Crippen LogP contribution in [0.4, 0.5) is 10.8 Å². The average Bonchev–Trinajstić information content (AvgIpc) is 2.74. The minimum absolute atomic E-state index is 0.201. The van der Waals surface area contributed by atoms with Gasteiger partial charge in [-0.15, -0.1) is 0 Å². The van der Waals surface area contributed by atoms with E-state index in [1.807, 2.05) is 0 Å². The zero-order chi connectivity index (χ0) is 14.4. The van der Waals surface area contributed by atoms with E-state index in [9.17, 15) is 4.79 Å². The van der Waals surface area contributed by atoms with Crippen molar-refractivity contribution in [3.63, 3.8) is 0 Å². The summed E-state index contributed by atoms with van der Waals surface area (Å²) in [7, 11) is 3.69. The number of hydrogen-bond donors (Lipinski definition) is 3. The van der Waals surface area contributed by atoms with E-state index in [0.717, 1.165) is 24.5 Å². The molecule has 0 aliphatic carbocycles. The molecule has 1 aromatic rings. The Labute approximate surface area is 118 Å². The fourth-order valence-corrected chi connectivity index (χ4v) is 2.29. The summed E-state index contributed by atoms with van der Waals surface area (Å²) in [4.78, 5) is 14.0. The van der Waals surface area contributed by atoms with Crippen molar-refractivity contribution in [2.45, 2.75) is 26.3 Å². The number of rotatable bonds is 7. The smallest absolute Gasteiger partial charge is 0.257 e. The number of nitrogens with zero attached hydrogens (tertiary/aromatic N) is 2. The Morgan fingerprint density at radius 1 is 1.53 bits per heavy atom. The topological polar surface area (TPSA) is 83.3 Å². The van der Waals surface area contributed by atoms with Gasteiger partial charge in [0, 0.05) is 19.6 Å². The summed E-state index contributed by atoms with van der Waals surface area (Å²) in [6, 6.07) is 0.542. The monoisotopic (exact) mass is 285 g/mol. The van der Waals surface area contributed by atoms with E-state index in [2.05, 4.69) is 40.8 Å². The number of carbonyl (C=O) groups excluding carboxylic acids is 1. The first-order valence-electron chi connectivity index (χ1n) is 6.38. The molecule has 6 nitrogen and oxygen atoms in total. The number of nitrogen functional groups attached to an aromatic ring is 1. The van der Waals surface area contributed by atoms with E-state index in [-0.39, 0.29) is 11.7 Å². The van der Waals surface area contributed by atoms with E-state index in [1.165, 1.54) is 11.5 Å². The average molecular weight is 285 g/mol. The van der Waals surface area contributed by atoms with Crippen LogP contribution in [0.15, 0.2) is 0 Å². The van der Waals surface area contributed by atoms with Crippen LogP contribution in [0, 0.1) is 0 Å². The summed E-state index contributed by atoms with van der Waals surface area (Å²) in [6.45, 7) is 6.14. The Kier molecular flexibility index (Phi) is 6.04. The van der Waals surface area contributed by atoms with Gasteiger partial charge in [-0.1, -0.05) is 0 Å². The lowest BCUT2D eigenvalue weighted by Crippen LogP contribution is -2.28. The largest absolute Gasteiger partial charge is 0.382 e. The molecule has 0 atom stereocenters. The molecular formula is C12H23N5OS. The third-order valence-corrected chi connectivity index (χ3v) is 3.85. The highest BCUT2D eigenvalue weighted by Gasteiger charge is 2.17. The lowest BCUT2D eigenvalue weighted by Gasteiger charge is -2.20. The van der Waals surface area contributed by atoms with Gasteiger partial charge in [0.25, 0.3) is 5.91 Å². The molecule has 0 saturated carbocycles. The van der Waals surface area contributed by atoms with Crippen LogP contribution >= 0.6 is 11.5 Å². The molecule has 7 heteroatoms. The Morgan fingerprint density at radius 2 is 2.21 bits per heavy atom. The highest BCUT2D eigenvalue weighted by Crippen LogP contribution is 2.26. The Hall–Kier alpha value is -1.34. The second kappa shape index (κ2) is 7.30. The van der Waals surface area contributed by atoms with Crippen molar-refractivity contribution in [2.24, 2.45) is 0 Å². The van der Waals surface area contributed by atoms with Gasteiger partial charge in [-0.05, 0) is 45.4 Å². The first kappa shape index (κ1) is 15.7. The first-order chi connectivity index (χ1) is 8.97. The highest BCUT2D eigenvalue weighted by atomic mass is 32.1. The molecule has 0 spiro atoms. The summed E-state index contributed by atoms with van der Waals surface area (Å²) < 4.78 is 4.01. The predicted octanol–water partition coefficient (Wildman–Crippen LogP) is 1.23. The minimum atomic E-state index is -0.201. The van der Waals surface area contributed by atoms with Gasteiger partial charge in [0.2, 0.25) is 0 Å². The second-order valence-corrected chi connectivity index (χ2v) is 5.48. The molecule has 0 unspecified atom stereocenters. The van der Waals surface area contributed by atoms with Crippen molar-refractivity contribution in [3.8, 4) is 0 Å². The number of hydrogen-bond acceptors (Lipinski definition) is 6. The fraction of sp³-hybridized carbons (Fsp3) is 0.667. The standard InChI is InChI=1S/C12H23N5OS/c1-8(2)17(4)7-5-6-15-12-9(11(18)14-3)10(13)16-19-12/h8,15H,5-7H2,1-4H3,(H2,13,16)(H,14,18). The van der Waals surface area contributed by atoms with Gasteiger partial charge in [0.15, 0.2) is 5.82 Å². The molecule has 1 amide bonds. The van der Waals surface area contributed by atoms with Crippen LogP contribution in [0.1, 0.15) is 30.6 Å². The number of nitrogens with two attached hydrogens (primary N) is 1. The van der Waals surface area contributed by atoms with E-state index < -0.39 is 0 Å². The third kappa shape index (κ3) is 4.36. The number of amides is 1. The van der Waals surface area contributed by atoms with Gasteiger partial charge < -0.3 is 21.3 Å². The van der Waals surface area contributed by atoms with Crippen LogP contribution in [-0.2, 0) is 0 Å². The van der Waals surface area contributed by atoms with Crippen molar-refractivity contribution in [1.82, 2.24) is 14.6 Å². The molecular weight excluding hydrogens is 262 g/mol. The summed E-state index contributed by atoms with van der Waals surface area (Å²) in [5.74, 6) is 0.0826. The molecule has 1 rings (SSSR count). The maximum Gasteiger partial charge on any atom is 0.257 e. The van der Waals surface area contributed by atoms with Crippen LogP contribution in [0.5, 0.6) is 0 Å². The van der Waals surface area contributed by atoms with Crippen LogP contribution in [0.2, 0.25) is 0 Å². The van der Waals surface area contributed by atoms with E-state index in [1.54, 1.807) is 7.05 Å². The van der Waals surface area contributed by atoms with E-state index >= 15 is 0 Å². The number of anilines is 2. The zero-order valence-corrected chi connectivity index (χ0v) is 12.8. The van der Waals surface area contributed by atoms with Crippen molar-refractivity contribution in [1.29, 1.82) is 0 Å². The summed E-state index contributed by atoms with van der Waals surface area (Å²) in [5.41, 5.74) is 6.15. The van der Waals surface area contributed by atoms with Gasteiger partial charge in [-0.25, -0.2) is 0 Å². The third-order valence-electron chi connectivity index (χ3n) is 3.03. The maximum absolute atomic E-state index is 11.7. The minimum Gasteiger partial charge on any atom is -0.382 e. The molecule has 0 fully saturated rings. The molecule has 0 saturated heterocycles. The number of aromatic nitrogens is 1. The molecule has 0 aliphatic rings. The van der Waals surface area contributed by atoms with Gasteiger partial charge in [-0.2, -0.15) is 4.37 Å². The SMILES string of the molecule is CNC(=O)c1c(N)nsc1NCCCN(C)C(C)C. The van der Waals surface area contributed by atoms with Gasteiger partial charge >= 0.3 is 0 Å². The summed E-state index contributed by atoms with van der Waals surface area (Å²) in [6.07, 6.45) is 1.000. The van der Waals surface area contributed by atoms with E-state index in [0.29, 0.717) is 11.6 Å². The number of nitrogens with one attached hydrogen (secondary N) is 2. The summed E-state index contributed by atoms with van der Waals surface area (Å²) >= 11 is 1.22. The van der Waals surface area contributed by atoms with Gasteiger partial charge in [-0.3, -0.25) is 4.79 Å². The summed E-state index contributed by atoms with van der Waals surface area (Å²) in [5, 5.41) is 6.54. The lowest BCUT2D eigenvalue weighted by molar-refractivity contribution is 0.0965. The van der Waals surface area contributed by atoms with Crippen LogP contribution in [-0.4, -0.2) is 48.4 Å². The quantitative estimate of drug-likeness (QED) is 0.656.